The van der Waals surface area contributed by atoms with Crippen LogP contribution in [-0.4, -0.2) is 25.7 Å². The fourth-order valence-corrected chi connectivity index (χ4v) is 4.68. The lowest BCUT2D eigenvalue weighted by molar-refractivity contribution is -0.143. The van der Waals surface area contributed by atoms with E-state index in [-0.39, 0.29) is 10.9 Å². The van der Waals surface area contributed by atoms with Crippen LogP contribution in [0.15, 0.2) is 54.2 Å². The average Bonchev–Trinajstić information content (AvgIpc) is 3.47. The van der Waals surface area contributed by atoms with Gasteiger partial charge in [0.2, 0.25) is 0 Å². The number of aromatic nitrogens is 4. The van der Waals surface area contributed by atoms with Crippen LogP contribution in [0.1, 0.15) is 40.0 Å². The SMILES string of the molecule is O=C(Nc1nc(-c2ccc3c(c2)CCCC3)cs1)c1cnn(-c2ccccn2)c1C(F)(F)F. The molecule has 0 fully saturated rings. The molecule has 1 amide bonds. The first-order valence-electron chi connectivity index (χ1n) is 10.4. The second-order valence-corrected chi connectivity index (χ2v) is 8.55. The van der Waals surface area contributed by atoms with E-state index >= 15 is 0 Å². The van der Waals surface area contributed by atoms with Crippen molar-refractivity contribution in [3.8, 4) is 17.1 Å². The van der Waals surface area contributed by atoms with E-state index in [0.717, 1.165) is 42.4 Å². The molecular formula is C23H18F3N5OS. The molecule has 0 saturated carbocycles. The van der Waals surface area contributed by atoms with E-state index < -0.39 is 23.3 Å². The van der Waals surface area contributed by atoms with Gasteiger partial charge in [-0.25, -0.2) is 14.6 Å². The molecule has 0 saturated heterocycles. The van der Waals surface area contributed by atoms with E-state index in [9.17, 15) is 18.0 Å². The highest BCUT2D eigenvalue weighted by atomic mass is 32.1. The van der Waals surface area contributed by atoms with Gasteiger partial charge >= 0.3 is 6.18 Å². The Hall–Kier alpha value is -3.53. The van der Waals surface area contributed by atoms with E-state index in [1.54, 1.807) is 17.5 Å². The number of carbonyl (C=O) groups is 1. The van der Waals surface area contributed by atoms with Gasteiger partial charge in [-0.2, -0.15) is 18.3 Å². The number of rotatable bonds is 4. The lowest BCUT2D eigenvalue weighted by Gasteiger charge is -2.16. The van der Waals surface area contributed by atoms with Crippen molar-refractivity contribution in [1.29, 1.82) is 0 Å². The summed E-state index contributed by atoms with van der Waals surface area (Å²) in [6.07, 6.45) is 1.88. The molecule has 0 spiro atoms. The fourth-order valence-electron chi connectivity index (χ4n) is 3.96. The molecule has 168 valence electrons. The number of hydrogen-bond donors (Lipinski definition) is 1. The normalized spacial score (nSPS) is 13.5. The summed E-state index contributed by atoms with van der Waals surface area (Å²) in [6.45, 7) is 0. The van der Waals surface area contributed by atoms with Crippen LogP contribution < -0.4 is 5.32 Å². The number of carbonyl (C=O) groups excluding carboxylic acids is 1. The highest BCUT2D eigenvalue weighted by Gasteiger charge is 2.41. The van der Waals surface area contributed by atoms with Crippen molar-refractivity contribution in [3.05, 3.63) is 76.6 Å². The first kappa shape index (κ1) is 21.3. The summed E-state index contributed by atoms with van der Waals surface area (Å²) in [5.74, 6) is -0.969. The number of aryl methyl sites for hydroxylation is 2. The van der Waals surface area contributed by atoms with Gasteiger partial charge < -0.3 is 0 Å². The zero-order valence-corrected chi connectivity index (χ0v) is 18.1. The zero-order valence-electron chi connectivity index (χ0n) is 17.3. The van der Waals surface area contributed by atoms with E-state index in [1.807, 2.05) is 6.07 Å². The third-order valence-electron chi connectivity index (χ3n) is 5.52. The Kier molecular flexibility index (Phi) is 5.45. The Balaban J connectivity index is 1.41. The van der Waals surface area contributed by atoms with Crippen LogP contribution in [0, 0.1) is 0 Å². The second-order valence-electron chi connectivity index (χ2n) is 7.69. The highest BCUT2D eigenvalue weighted by Crippen LogP contribution is 2.34. The van der Waals surface area contributed by atoms with Gasteiger partial charge in [0.15, 0.2) is 16.6 Å². The van der Waals surface area contributed by atoms with Crippen molar-refractivity contribution < 1.29 is 18.0 Å². The Bertz CT molecular complexity index is 1310. The molecule has 4 aromatic rings. The minimum Gasteiger partial charge on any atom is -0.298 e. The van der Waals surface area contributed by atoms with Crippen LogP contribution in [0.2, 0.25) is 0 Å². The molecule has 1 aliphatic rings. The van der Waals surface area contributed by atoms with Gasteiger partial charge in [0.05, 0.1) is 17.5 Å². The maximum Gasteiger partial charge on any atom is 0.434 e. The lowest BCUT2D eigenvalue weighted by atomic mass is 9.90. The summed E-state index contributed by atoms with van der Waals surface area (Å²) >= 11 is 1.16. The Morgan fingerprint density at radius 3 is 2.67 bits per heavy atom. The number of halogens is 3. The minimum atomic E-state index is -4.81. The summed E-state index contributed by atoms with van der Waals surface area (Å²) in [4.78, 5) is 21.1. The molecule has 6 nitrogen and oxygen atoms in total. The molecule has 0 bridgehead atoms. The molecule has 0 atom stereocenters. The molecule has 3 heterocycles. The molecule has 1 aliphatic carbocycles. The second kappa shape index (κ2) is 8.43. The number of alkyl halides is 3. The van der Waals surface area contributed by atoms with Gasteiger partial charge in [-0.15, -0.1) is 11.3 Å². The first-order chi connectivity index (χ1) is 15.9. The van der Waals surface area contributed by atoms with Crippen molar-refractivity contribution in [2.75, 3.05) is 5.32 Å². The standard InChI is InChI=1S/C23H18F3N5OS/c24-23(25,26)20-17(12-28-31(20)19-7-3-4-10-27-19)21(32)30-22-29-18(13-33-22)16-9-8-14-5-1-2-6-15(14)11-16/h3-4,7-13H,1-2,5-6H2,(H,29,30,32). The van der Waals surface area contributed by atoms with E-state index in [1.165, 1.54) is 29.8 Å². The Morgan fingerprint density at radius 2 is 1.91 bits per heavy atom. The van der Waals surface area contributed by atoms with Crippen molar-refractivity contribution in [1.82, 2.24) is 19.7 Å². The summed E-state index contributed by atoms with van der Waals surface area (Å²) in [7, 11) is 0. The summed E-state index contributed by atoms with van der Waals surface area (Å²) < 4.78 is 42.0. The molecule has 0 radical (unpaired) electrons. The molecule has 1 N–H and O–H groups in total. The maximum atomic E-state index is 13.8. The Morgan fingerprint density at radius 1 is 1.09 bits per heavy atom. The smallest absolute Gasteiger partial charge is 0.298 e. The predicted octanol–water partition coefficient (Wildman–Crippen LogP) is 5.54. The zero-order chi connectivity index (χ0) is 23.0. The topological polar surface area (TPSA) is 72.7 Å². The average molecular weight is 469 g/mol. The van der Waals surface area contributed by atoms with Gasteiger partial charge in [-0.1, -0.05) is 18.2 Å². The summed E-state index contributed by atoms with van der Waals surface area (Å²) in [5, 5.41) is 8.24. The molecule has 3 aromatic heterocycles. The van der Waals surface area contributed by atoms with Crippen molar-refractivity contribution in [2.24, 2.45) is 0 Å². The van der Waals surface area contributed by atoms with Crippen LogP contribution >= 0.6 is 11.3 Å². The molecule has 10 heteroatoms. The number of hydrogen-bond acceptors (Lipinski definition) is 5. The number of nitrogens with one attached hydrogen (secondary N) is 1. The van der Waals surface area contributed by atoms with Crippen molar-refractivity contribution in [2.45, 2.75) is 31.9 Å². The molecular weight excluding hydrogens is 451 g/mol. The number of amides is 1. The van der Waals surface area contributed by atoms with Crippen LogP contribution in [-0.2, 0) is 19.0 Å². The number of pyridine rings is 1. The van der Waals surface area contributed by atoms with Crippen molar-refractivity contribution >= 4 is 22.4 Å². The van der Waals surface area contributed by atoms with E-state index in [0.29, 0.717) is 10.4 Å². The minimum absolute atomic E-state index is 0.0344. The van der Waals surface area contributed by atoms with Crippen LogP contribution in [0.25, 0.3) is 17.1 Å². The lowest BCUT2D eigenvalue weighted by Crippen LogP contribution is -2.21. The monoisotopic (exact) mass is 469 g/mol. The first-order valence-corrected chi connectivity index (χ1v) is 11.2. The van der Waals surface area contributed by atoms with E-state index in [2.05, 4.69) is 32.5 Å². The van der Waals surface area contributed by atoms with E-state index in [4.69, 9.17) is 0 Å². The molecule has 5 rings (SSSR count). The number of nitrogens with zero attached hydrogens (tertiary/aromatic N) is 4. The van der Waals surface area contributed by atoms with Gasteiger partial charge in [0.25, 0.3) is 5.91 Å². The fraction of sp³-hybridized carbons (Fsp3) is 0.217. The van der Waals surface area contributed by atoms with Gasteiger partial charge in [0, 0.05) is 17.1 Å². The predicted molar refractivity (Wildman–Crippen MR) is 119 cm³/mol. The molecule has 0 aliphatic heterocycles. The van der Waals surface area contributed by atoms with Crippen molar-refractivity contribution in [3.63, 3.8) is 0 Å². The summed E-state index contributed by atoms with van der Waals surface area (Å²) in [6, 6.07) is 10.7. The third kappa shape index (κ3) is 4.25. The van der Waals surface area contributed by atoms with Gasteiger partial charge in [-0.3, -0.25) is 10.1 Å². The highest BCUT2D eigenvalue weighted by molar-refractivity contribution is 7.14. The molecule has 1 aromatic carbocycles. The number of anilines is 1. The largest absolute Gasteiger partial charge is 0.434 e. The number of thiazole rings is 1. The van der Waals surface area contributed by atoms with Crippen LogP contribution in [0.3, 0.4) is 0 Å². The van der Waals surface area contributed by atoms with Gasteiger partial charge in [0.1, 0.15) is 0 Å². The third-order valence-corrected chi connectivity index (χ3v) is 6.28. The number of benzene rings is 1. The van der Waals surface area contributed by atoms with Crippen LogP contribution in [0.5, 0.6) is 0 Å². The molecule has 0 unspecified atom stereocenters. The summed E-state index contributed by atoms with van der Waals surface area (Å²) in [5.41, 5.74) is 2.45. The van der Waals surface area contributed by atoms with Crippen LogP contribution in [0.4, 0.5) is 18.3 Å². The Labute approximate surface area is 191 Å². The molecule has 33 heavy (non-hydrogen) atoms. The van der Waals surface area contributed by atoms with Gasteiger partial charge in [-0.05, 0) is 55.0 Å². The number of fused-ring (bicyclic) bond motifs is 1. The maximum absolute atomic E-state index is 13.8. The quantitative estimate of drug-likeness (QED) is 0.426.